The van der Waals surface area contributed by atoms with Crippen molar-refractivity contribution in [2.45, 2.75) is 25.5 Å². The van der Waals surface area contributed by atoms with Crippen LogP contribution in [0.1, 0.15) is 16.7 Å². The molecule has 2 heterocycles. The van der Waals surface area contributed by atoms with Crippen molar-refractivity contribution in [3.63, 3.8) is 0 Å². The molecule has 6 nitrogen and oxygen atoms in total. The Morgan fingerprint density at radius 3 is 2.66 bits per heavy atom. The summed E-state index contributed by atoms with van der Waals surface area (Å²) < 4.78 is 15.3. The fourth-order valence-electron chi connectivity index (χ4n) is 3.16. The van der Waals surface area contributed by atoms with Crippen LogP contribution in [0.15, 0.2) is 70.7 Å². The lowest BCUT2D eigenvalue weighted by molar-refractivity contribution is -0.113. The van der Waals surface area contributed by atoms with Crippen LogP contribution in [0.5, 0.6) is 0 Å². The van der Waals surface area contributed by atoms with Gasteiger partial charge in [0.1, 0.15) is 5.82 Å². The zero-order valence-electron chi connectivity index (χ0n) is 17.6. The minimum atomic E-state index is -0.385. The van der Waals surface area contributed by atoms with Gasteiger partial charge in [0.05, 0.1) is 17.7 Å². The number of aryl methyl sites for hydroxylation is 2. The Hall–Kier alpha value is -3.52. The Morgan fingerprint density at radius 1 is 1.12 bits per heavy atom. The van der Waals surface area contributed by atoms with E-state index in [1.54, 1.807) is 42.0 Å². The summed E-state index contributed by atoms with van der Waals surface area (Å²) in [6, 6.07) is 15.8. The van der Waals surface area contributed by atoms with Gasteiger partial charge in [-0.1, -0.05) is 47.7 Å². The summed E-state index contributed by atoms with van der Waals surface area (Å²) in [4.78, 5) is 34.3. The standard InChI is InChI=1S/C24H21FN4O2S/c1-15-5-8-17(9-6-15)13-29-23(31)19-4-3-11-26-22(19)28-24(29)32-14-21(30)27-18-10-7-16(2)20(25)12-18/h3-12H,13-14H2,1-2H3,(H,27,30). The molecule has 0 bridgehead atoms. The molecule has 0 saturated carbocycles. The van der Waals surface area contributed by atoms with Crippen molar-refractivity contribution in [2.24, 2.45) is 0 Å². The minimum absolute atomic E-state index is 0.00811. The summed E-state index contributed by atoms with van der Waals surface area (Å²) >= 11 is 1.14. The maximum Gasteiger partial charge on any atom is 0.263 e. The van der Waals surface area contributed by atoms with Crippen LogP contribution in [0.4, 0.5) is 10.1 Å². The van der Waals surface area contributed by atoms with Crippen LogP contribution in [-0.2, 0) is 11.3 Å². The fourth-order valence-corrected chi connectivity index (χ4v) is 3.95. The lowest BCUT2D eigenvalue weighted by Gasteiger charge is -2.13. The summed E-state index contributed by atoms with van der Waals surface area (Å²) in [6.07, 6.45) is 1.58. The van der Waals surface area contributed by atoms with Crippen molar-refractivity contribution in [1.29, 1.82) is 0 Å². The van der Waals surface area contributed by atoms with Crippen LogP contribution in [0.3, 0.4) is 0 Å². The number of carbonyl (C=O) groups excluding carboxylic acids is 1. The Bertz CT molecular complexity index is 1350. The van der Waals surface area contributed by atoms with E-state index in [0.717, 1.165) is 22.9 Å². The van der Waals surface area contributed by atoms with Gasteiger partial charge in [-0.3, -0.25) is 14.2 Å². The lowest BCUT2D eigenvalue weighted by atomic mass is 10.1. The van der Waals surface area contributed by atoms with Gasteiger partial charge >= 0.3 is 0 Å². The van der Waals surface area contributed by atoms with Gasteiger partial charge in [-0.2, -0.15) is 0 Å². The van der Waals surface area contributed by atoms with E-state index >= 15 is 0 Å². The van der Waals surface area contributed by atoms with Gasteiger partial charge in [-0.15, -0.1) is 0 Å². The maximum absolute atomic E-state index is 13.7. The average Bonchev–Trinajstić information content (AvgIpc) is 2.78. The number of nitrogens with one attached hydrogen (secondary N) is 1. The molecular weight excluding hydrogens is 427 g/mol. The number of thioether (sulfide) groups is 1. The number of benzene rings is 2. The van der Waals surface area contributed by atoms with Gasteiger partial charge in [-0.05, 0) is 49.2 Å². The van der Waals surface area contributed by atoms with Crippen LogP contribution in [0.2, 0.25) is 0 Å². The molecule has 1 N–H and O–H groups in total. The van der Waals surface area contributed by atoms with Gasteiger partial charge in [0.2, 0.25) is 5.91 Å². The first-order valence-corrected chi connectivity index (χ1v) is 11.0. The molecule has 0 radical (unpaired) electrons. The third-order valence-corrected chi connectivity index (χ3v) is 5.92. The van der Waals surface area contributed by atoms with E-state index in [2.05, 4.69) is 15.3 Å². The zero-order chi connectivity index (χ0) is 22.7. The predicted octanol–water partition coefficient (Wildman–Crippen LogP) is 4.33. The summed E-state index contributed by atoms with van der Waals surface area (Å²) in [7, 11) is 0. The van der Waals surface area contributed by atoms with Crippen molar-refractivity contribution in [3.05, 3.63) is 93.7 Å². The maximum atomic E-state index is 13.7. The van der Waals surface area contributed by atoms with Gasteiger partial charge in [-0.25, -0.2) is 14.4 Å². The number of carbonyl (C=O) groups is 1. The van der Waals surface area contributed by atoms with Crippen LogP contribution in [0, 0.1) is 19.7 Å². The topological polar surface area (TPSA) is 76.9 Å². The number of aromatic nitrogens is 3. The molecule has 0 aliphatic carbocycles. The number of halogens is 1. The molecule has 0 spiro atoms. The number of pyridine rings is 1. The third-order valence-electron chi connectivity index (χ3n) is 4.94. The number of rotatable bonds is 6. The Morgan fingerprint density at radius 2 is 1.91 bits per heavy atom. The monoisotopic (exact) mass is 448 g/mol. The molecule has 2 aromatic carbocycles. The van der Waals surface area contributed by atoms with Crippen LogP contribution in [-0.4, -0.2) is 26.2 Å². The van der Waals surface area contributed by atoms with Crippen molar-refractivity contribution >= 4 is 34.4 Å². The van der Waals surface area contributed by atoms with Crippen LogP contribution < -0.4 is 10.9 Å². The summed E-state index contributed by atoms with van der Waals surface area (Å²) in [5.74, 6) is -0.700. The van der Waals surface area contributed by atoms with Gasteiger partial charge in [0.25, 0.3) is 5.56 Å². The second-order valence-corrected chi connectivity index (χ2v) is 8.39. The lowest BCUT2D eigenvalue weighted by Crippen LogP contribution is -2.25. The summed E-state index contributed by atoms with van der Waals surface area (Å²) in [5, 5.41) is 3.49. The number of nitrogens with zero attached hydrogens (tertiary/aromatic N) is 3. The van der Waals surface area contributed by atoms with E-state index in [1.165, 1.54) is 6.07 Å². The quantitative estimate of drug-likeness (QED) is 0.351. The number of amides is 1. The molecule has 0 atom stereocenters. The summed E-state index contributed by atoms with van der Waals surface area (Å²) in [5.41, 5.74) is 3.08. The normalized spacial score (nSPS) is 11.0. The molecule has 32 heavy (non-hydrogen) atoms. The van der Waals surface area contributed by atoms with Gasteiger partial charge in [0.15, 0.2) is 10.8 Å². The molecule has 4 rings (SSSR count). The SMILES string of the molecule is Cc1ccc(Cn2c(SCC(=O)Nc3ccc(C)c(F)c3)nc3ncccc3c2=O)cc1. The largest absolute Gasteiger partial charge is 0.325 e. The molecular formula is C24H21FN4O2S. The summed E-state index contributed by atoms with van der Waals surface area (Å²) in [6.45, 7) is 3.98. The van der Waals surface area contributed by atoms with E-state index in [1.807, 2.05) is 31.2 Å². The van der Waals surface area contributed by atoms with E-state index in [0.29, 0.717) is 34.0 Å². The molecule has 2 aromatic heterocycles. The molecule has 0 aliphatic heterocycles. The molecule has 4 aromatic rings. The second kappa shape index (κ2) is 9.32. The van der Waals surface area contributed by atoms with E-state index in [-0.39, 0.29) is 23.0 Å². The Labute approximate surface area is 188 Å². The van der Waals surface area contributed by atoms with Crippen molar-refractivity contribution in [3.8, 4) is 0 Å². The van der Waals surface area contributed by atoms with Crippen molar-refractivity contribution < 1.29 is 9.18 Å². The first kappa shape index (κ1) is 21.7. The Balaban J connectivity index is 1.60. The smallest absolute Gasteiger partial charge is 0.263 e. The molecule has 8 heteroatoms. The van der Waals surface area contributed by atoms with E-state index in [9.17, 15) is 14.0 Å². The van der Waals surface area contributed by atoms with E-state index < -0.39 is 0 Å². The van der Waals surface area contributed by atoms with Gasteiger partial charge < -0.3 is 5.32 Å². The zero-order valence-corrected chi connectivity index (χ0v) is 18.4. The molecule has 1 amide bonds. The number of fused-ring (bicyclic) bond motifs is 1. The number of hydrogen-bond donors (Lipinski definition) is 1. The average molecular weight is 449 g/mol. The first-order chi connectivity index (χ1) is 15.4. The molecule has 0 aliphatic rings. The van der Waals surface area contributed by atoms with Crippen LogP contribution >= 0.6 is 11.8 Å². The highest BCUT2D eigenvalue weighted by Crippen LogP contribution is 2.20. The minimum Gasteiger partial charge on any atom is -0.325 e. The molecule has 162 valence electrons. The van der Waals surface area contributed by atoms with Gasteiger partial charge in [0, 0.05) is 11.9 Å². The number of hydrogen-bond acceptors (Lipinski definition) is 5. The second-order valence-electron chi connectivity index (χ2n) is 7.45. The first-order valence-electron chi connectivity index (χ1n) is 10.0. The fraction of sp³-hybridized carbons (Fsp3) is 0.167. The highest BCUT2D eigenvalue weighted by Gasteiger charge is 2.15. The van der Waals surface area contributed by atoms with E-state index in [4.69, 9.17) is 0 Å². The molecule has 0 unspecified atom stereocenters. The molecule has 0 fully saturated rings. The highest BCUT2D eigenvalue weighted by molar-refractivity contribution is 7.99. The van der Waals surface area contributed by atoms with Crippen LogP contribution in [0.25, 0.3) is 11.0 Å². The Kier molecular flexibility index (Phi) is 6.32. The third kappa shape index (κ3) is 4.86. The number of anilines is 1. The van der Waals surface area contributed by atoms with Crippen molar-refractivity contribution in [2.75, 3.05) is 11.1 Å². The predicted molar refractivity (Wildman–Crippen MR) is 125 cm³/mol. The highest BCUT2D eigenvalue weighted by atomic mass is 32.2. The molecule has 0 saturated heterocycles. The van der Waals surface area contributed by atoms with Crippen molar-refractivity contribution in [1.82, 2.24) is 14.5 Å².